The van der Waals surface area contributed by atoms with Crippen molar-refractivity contribution < 1.29 is 27.4 Å². The summed E-state index contributed by atoms with van der Waals surface area (Å²) in [7, 11) is 0. The predicted octanol–water partition coefficient (Wildman–Crippen LogP) is 3.93. The number of nitrogens with two attached hydrogens (primary N) is 1. The van der Waals surface area contributed by atoms with Crippen LogP contribution >= 0.6 is 11.6 Å². The Morgan fingerprint density at radius 2 is 1.82 bits per heavy atom. The molecule has 2 heterocycles. The molecule has 0 aliphatic carbocycles. The monoisotopic (exact) mass is 483 g/mol. The van der Waals surface area contributed by atoms with Crippen LogP contribution in [-0.2, 0) is 11.5 Å². The van der Waals surface area contributed by atoms with Gasteiger partial charge in [-0.25, -0.2) is 18.7 Å². The van der Waals surface area contributed by atoms with Gasteiger partial charge in [0.2, 0.25) is 0 Å². The van der Waals surface area contributed by atoms with E-state index in [4.69, 9.17) is 22.2 Å². The van der Waals surface area contributed by atoms with Crippen molar-refractivity contribution in [1.82, 2.24) is 15.0 Å². The maximum absolute atomic E-state index is 15.5. The summed E-state index contributed by atoms with van der Waals surface area (Å²) in [5, 5.41) is 17.2. The molecule has 0 aliphatic rings. The number of alkyl halides is 2. The van der Waals surface area contributed by atoms with E-state index in [0.717, 1.165) is 24.4 Å². The van der Waals surface area contributed by atoms with E-state index in [1.54, 1.807) is 0 Å². The number of hydrogen-bond donors (Lipinski definition) is 2. The third kappa shape index (κ3) is 5.21. The highest BCUT2D eigenvalue weighted by molar-refractivity contribution is 6.30. The van der Waals surface area contributed by atoms with Gasteiger partial charge in [0.15, 0.2) is 5.60 Å². The van der Waals surface area contributed by atoms with Gasteiger partial charge in [0, 0.05) is 11.6 Å². The van der Waals surface area contributed by atoms with Crippen LogP contribution < -0.4 is 10.6 Å². The molecule has 1 aromatic carbocycles. The van der Waals surface area contributed by atoms with Crippen LogP contribution in [0.3, 0.4) is 0 Å². The first-order valence-corrected chi connectivity index (χ1v) is 9.31. The van der Waals surface area contributed by atoms with Gasteiger partial charge in [0.05, 0.1) is 30.2 Å². The Morgan fingerprint density at radius 1 is 1.09 bits per heavy atom. The molecular weight excluding hydrogens is 470 g/mol. The molecule has 172 valence electrons. The van der Waals surface area contributed by atoms with Gasteiger partial charge in [-0.2, -0.15) is 8.78 Å². The second kappa shape index (κ2) is 9.83. The van der Waals surface area contributed by atoms with E-state index in [1.807, 2.05) is 0 Å². The minimum absolute atomic E-state index is 0.00486. The standard InChI is InChI=1S/C19H14ClF4N7O2/c20-11-6-28-17(29-7-11)33-13-2-4-16(27-8-13)19(23,24)18(32,9-26-10-30-31-25)14-3-1-12(21)5-15(14)22/h1-8,10,32H,9H2,(H2,25,26,30). The first kappa shape index (κ1) is 23.9. The molecular formula is C19H14ClF4N7O2. The fraction of sp³-hybridized carbons (Fsp3) is 0.158. The third-order valence-corrected chi connectivity index (χ3v) is 4.48. The van der Waals surface area contributed by atoms with Crippen molar-refractivity contribution in [3.8, 4) is 11.8 Å². The number of hydrogen-bond acceptors (Lipinski definition) is 7. The average Bonchev–Trinajstić information content (AvgIpc) is 2.78. The zero-order chi connectivity index (χ0) is 24.1. The van der Waals surface area contributed by atoms with Crippen LogP contribution in [0.5, 0.6) is 11.8 Å². The molecule has 0 bridgehead atoms. The van der Waals surface area contributed by atoms with Crippen molar-refractivity contribution in [2.45, 2.75) is 11.5 Å². The summed E-state index contributed by atoms with van der Waals surface area (Å²) in [5.74, 6) is -1.85. The quantitative estimate of drug-likeness (QED) is 0.125. The molecule has 1 atom stereocenters. The molecule has 33 heavy (non-hydrogen) atoms. The molecule has 0 spiro atoms. The van der Waals surface area contributed by atoms with E-state index < -0.39 is 41.0 Å². The van der Waals surface area contributed by atoms with Gasteiger partial charge in [0.25, 0.3) is 0 Å². The van der Waals surface area contributed by atoms with Gasteiger partial charge in [-0.1, -0.05) is 16.8 Å². The summed E-state index contributed by atoms with van der Waals surface area (Å²) >= 11 is 5.68. The van der Waals surface area contributed by atoms with Crippen LogP contribution in [0.4, 0.5) is 17.6 Å². The first-order valence-electron chi connectivity index (χ1n) is 8.93. The van der Waals surface area contributed by atoms with Crippen LogP contribution in [0.2, 0.25) is 5.02 Å². The number of benzene rings is 1. The van der Waals surface area contributed by atoms with Crippen LogP contribution in [-0.4, -0.2) is 32.9 Å². The summed E-state index contributed by atoms with van der Waals surface area (Å²) in [6.07, 6.45) is 4.15. The Kier molecular flexibility index (Phi) is 7.13. The fourth-order valence-electron chi connectivity index (χ4n) is 2.71. The summed E-state index contributed by atoms with van der Waals surface area (Å²) in [6, 6.07) is 3.61. The zero-order valence-electron chi connectivity index (χ0n) is 16.4. The van der Waals surface area contributed by atoms with Gasteiger partial charge < -0.3 is 15.7 Å². The molecule has 3 rings (SSSR count). The van der Waals surface area contributed by atoms with Crippen molar-refractivity contribution in [1.29, 1.82) is 0 Å². The minimum atomic E-state index is -4.21. The lowest BCUT2D eigenvalue weighted by Crippen LogP contribution is -2.47. The predicted molar refractivity (Wildman–Crippen MR) is 108 cm³/mol. The highest BCUT2D eigenvalue weighted by Crippen LogP contribution is 2.46. The molecule has 0 radical (unpaired) electrons. The molecule has 0 saturated heterocycles. The molecule has 14 heteroatoms. The third-order valence-electron chi connectivity index (χ3n) is 4.28. The van der Waals surface area contributed by atoms with Crippen LogP contribution in [0.25, 0.3) is 0 Å². The number of aliphatic hydroxyl groups is 1. The summed E-state index contributed by atoms with van der Waals surface area (Å²) in [5.41, 5.74) is -5.14. The molecule has 1 unspecified atom stereocenters. The van der Waals surface area contributed by atoms with Gasteiger partial charge in [-0.3, -0.25) is 9.98 Å². The smallest absolute Gasteiger partial charge is 0.323 e. The van der Waals surface area contributed by atoms with Gasteiger partial charge in [-0.15, -0.1) is 5.11 Å². The lowest BCUT2D eigenvalue weighted by Gasteiger charge is -2.34. The van der Waals surface area contributed by atoms with E-state index in [-0.39, 0.29) is 16.8 Å². The molecule has 0 saturated carbocycles. The Hall–Kier alpha value is -3.71. The van der Waals surface area contributed by atoms with Crippen molar-refractivity contribution in [2.75, 3.05) is 6.54 Å². The van der Waals surface area contributed by atoms with Crippen molar-refractivity contribution in [3.05, 3.63) is 76.8 Å². The number of nitrogens with zero attached hydrogens (tertiary/aromatic N) is 6. The van der Waals surface area contributed by atoms with E-state index in [1.165, 1.54) is 12.4 Å². The molecule has 0 fully saturated rings. The number of halogens is 5. The summed E-state index contributed by atoms with van der Waals surface area (Å²) in [6.45, 7) is -1.08. The zero-order valence-corrected chi connectivity index (χ0v) is 17.2. The highest BCUT2D eigenvalue weighted by Gasteiger charge is 2.57. The maximum atomic E-state index is 15.5. The van der Waals surface area contributed by atoms with E-state index in [0.29, 0.717) is 18.5 Å². The van der Waals surface area contributed by atoms with Crippen molar-refractivity contribution >= 4 is 17.9 Å². The molecule has 3 N–H and O–H groups in total. The van der Waals surface area contributed by atoms with Gasteiger partial charge in [-0.05, 0) is 24.3 Å². The molecule has 0 aliphatic heterocycles. The lowest BCUT2D eigenvalue weighted by molar-refractivity contribution is -0.193. The van der Waals surface area contributed by atoms with E-state index in [9.17, 15) is 13.9 Å². The number of rotatable bonds is 8. The SMILES string of the molecule is NN=NC=NCC(O)(c1ccc(F)cc1F)C(F)(F)c1ccc(Oc2ncc(Cl)cn2)cn1. The largest absolute Gasteiger partial charge is 0.423 e. The van der Waals surface area contributed by atoms with Crippen molar-refractivity contribution in [2.24, 2.45) is 21.2 Å². The number of aromatic nitrogens is 3. The Balaban J connectivity index is 1.97. The Morgan fingerprint density at radius 3 is 2.42 bits per heavy atom. The fourth-order valence-corrected chi connectivity index (χ4v) is 2.81. The second-order valence-electron chi connectivity index (χ2n) is 6.41. The minimum Gasteiger partial charge on any atom is -0.423 e. The van der Waals surface area contributed by atoms with Gasteiger partial charge in [0.1, 0.15) is 29.4 Å². The highest BCUT2D eigenvalue weighted by atomic mass is 35.5. The summed E-state index contributed by atoms with van der Waals surface area (Å²) < 4.78 is 64.0. The molecule has 3 aromatic rings. The molecule has 9 nitrogen and oxygen atoms in total. The van der Waals surface area contributed by atoms with Crippen LogP contribution in [0.15, 0.2) is 64.3 Å². The van der Waals surface area contributed by atoms with Crippen molar-refractivity contribution in [3.63, 3.8) is 0 Å². The molecule has 0 amide bonds. The maximum Gasteiger partial charge on any atom is 0.323 e. The molecule has 2 aromatic heterocycles. The Bertz CT molecular complexity index is 1160. The van der Waals surface area contributed by atoms with E-state index in [2.05, 4.69) is 30.3 Å². The summed E-state index contributed by atoms with van der Waals surface area (Å²) in [4.78, 5) is 14.7. The first-order chi connectivity index (χ1) is 15.7. The Labute approximate surface area is 188 Å². The second-order valence-corrected chi connectivity index (χ2v) is 6.85. The average molecular weight is 484 g/mol. The topological polar surface area (TPSA) is 131 Å². The van der Waals surface area contributed by atoms with Crippen LogP contribution in [0, 0.1) is 11.6 Å². The lowest BCUT2D eigenvalue weighted by atomic mass is 9.84. The van der Waals surface area contributed by atoms with Crippen LogP contribution in [0.1, 0.15) is 11.3 Å². The van der Waals surface area contributed by atoms with E-state index >= 15 is 8.78 Å². The van der Waals surface area contributed by atoms with Gasteiger partial charge >= 0.3 is 11.9 Å². The number of ether oxygens (including phenoxy) is 1. The number of pyridine rings is 1. The number of aliphatic imine (C=N–C) groups is 1. The normalized spacial score (nSPS) is 14.0.